The third-order valence-corrected chi connectivity index (χ3v) is 4.42. The Morgan fingerprint density at radius 3 is 2.95 bits per heavy atom. The zero-order valence-electron chi connectivity index (χ0n) is 12.9. The van der Waals surface area contributed by atoms with E-state index in [0.29, 0.717) is 5.92 Å². The molecule has 5 nitrogen and oxygen atoms in total. The molecule has 1 aliphatic rings. The Morgan fingerprint density at radius 1 is 1.55 bits per heavy atom. The van der Waals surface area contributed by atoms with Crippen molar-refractivity contribution in [2.24, 2.45) is 17.7 Å². The number of nitrogens with zero attached hydrogens (tertiary/aromatic N) is 2. The molecule has 20 heavy (non-hydrogen) atoms. The molecule has 3 N–H and O–H groups in total. The molecule has 2 rings (SSSR count). The van der Waals surface area contributed by atoms with Crippen molar-refractivity contribution in [2.45, 2.75) is 58.5 Å². The van der Waals surface area contributed by atoms with Gasteiger partial charge in [-0.15, -0.1) is 0 Å². The molecule has 0 amide bonds. The van der Waals surface area contributed by atoms with E-state index in [0.717, 1.165) is 30.3 Å². The maximum atomic E-state index is 5.88. The third kappa shape index (κ3) is 3.15. The van der Waals surface area contributed by atoms with Gasteiger partial charge in [0.25, 0.3) is 0 Å². The Labute approximate surface area is 121 Å². The van der Waals surface area contributed by atoms with Crippen molar-refractivity contribution >= 4 is 0 Å². The molecule has 1 heterocycles. The van der Waals surface area contributed by atoms with Crippen LogP contribution in [0.4, 0.5) is 0 Å². The molecule has 1 saturated carbocycles. The molecule has 114 valence electrons. The summed E-state index contributed by atoms with van der Waals surface area (Å²) in [4.78, 5) is 0. The largest absolute Gasteiger partial charge is 0.493 e. The van der Waals surface area contributed by atoms with Crippen molar-refractivity contribution in [1.82, 2.24) is 15.2 Å². The molecule has 0 bridgehead atoms. The van der Waals surface area contributed by atoms with Crippen LogP contribution in [0.5, 0.6) is 5.75 Å². The van der Waals surface area contributed by atoms with Crippen LogP contribution < -0.4 is 16.0 Å². The van der Waals surface area contributed by atoms with Crippen LogP contribution in [-0.4, -0.2) is 16.9 Å². The second kappa shape index (κ2) is 7.09. The maximum Gasteiger partial charge on any atom is 0.161 e. The van der Waals surface area contributed by atoms with E-state index in [1.54, 1.807) is 7.11 Å². The first kappa shape index (κ1) is 15.3. The highest BCUT2D eigenvalue weighted by molar-refractivity contribution is 5.29. The predicted octanol–water partition coefficient (Wildman–Crippen LogP) is 2.63. The molecule has 1 aliphatic carbocycles. The van der Waals surface area contributed by atoms with Gasteiger partial charge in [-0.2, -0.15) is 5.10 Å². The van der Waals surface area contributed by atoms with Gasteiger partial charge >= 0.3 is 0 Å². The van der Waals surface area contributed by atoms with E-state index in [2.05, 4.69) is 24.4 Å². The second-order valence-electron chi connectivity index (χ2n) is 6.00. The van der Waals surface area contributed by atoms with E-state index in [1.807, 2.05) is 10.9 Å². The fraction of sp³-hybridized carbons (Fsp3) is 0.800. The average Bonchev–Trinajstić information content (AvgIpc) is 2.84. The van der Waals surface area contributed by atoms with E-state index >= 15 is 0 Å². The zero-order chi connectivity index (χ0) is 14.5. The second-order valence-corrected chi connectivity index (χ2v) is 6.00. The first-order valence-electron chi connectivity index (χ1n) is 7.77. The number of aromatic nitrogens is 2. The smallest absolute Gasteiger partial charge is 0.161 e. The van der Waals surface area contributed by atoms with Crippen LogP contribution in [0.3, 0.4) is 0 Å². The lowest BCUT2D eigenvalue weighted by atomic mass is 9.78. The van der Waals surface area contributed by atoms with Gasteiger partial charge in [0.1, 0.15) is 0 Å². The minimum atomic E-state index is 0.127. The van der Waals surface area contributed by atoms with Crippen LogP contribution in [-0.2, 0) is 6.54 Å². The molecule has 5 heteroatoms. The number of methoxy groups -OCH3 is 1. The molecule has 0 aromatic carbocycles. The summed E-state index contributed by atoms with van der Waals surface area (Å²) >= 11 is 0. The van der Waals surface area contributed by atoms with Gasteiger partial charge in [-0.1, -0.05) is 26.7 Å². The van der Waals surface area contributed by atoms with Crippen LogP contribution in [0, 0.1) is 11.8 Å². The van der Waals surface area contributed by atoms with E-state index in [4.69, 9.17) is 10.6 Å². The summed E-state index contributed by atoms with van der Waals surface area (Å²) in [6.45, 7) is 5.39. The molecular weight excluding hydrogens is 252 g/mol. The number of ether oxygens (including phenoxy) is 1. The Morgan fingerprint density at radius 2 is 2.35 bits per heavy atom. The highest BCUT2D eigenvalue weighted by atomic mass is 16.5. The Bertz CT molecular complexity index is 418. The number of hydrogen-bond donors (Lipinski definition) is 2. The number of nitrogens with one attached hydrogen (secondary N) is 1. The summed E-state index contributed by atoms with van der Waals surface area (Å²) in [7, 11) is 1.70. The van der Waals surface area contributed by atoms with Crippen molar-refractivity contribution < 1.29 is 4.74 Å². The van der Waals surface area contributed by atoms with E-state index in [9.17, 15) is 0 Å². The average molecular weight is 280 g/mol. The van der Waals surface area contributed by atoms with Crippen LogP contribution in [0.1, 0.15) is 57.7 Å². The molecule has 0 spiro atoms. The van der Waals surface area contributed by atoms with Gasteiger partial charge in [-0.05, 0) is 31.1 Å². The lowest BCUT2D eigenvalue weighted by Gasteiger charge is -2.33. The van der Waals surface area contributed by atoms with E-state index < -0.39 is 0 Å². The van der Waals surface area contributed by atoms with Crippen molar-refractivity contribution in [3.8, 4) is 5.75 Å². The van der Waals surface area contributed by atoms with Gasteiger partial charge in [0.15, 0.2) is 5.75 Å². The van der Waals surface area contributed by atoms with Crippen LogP contribution in [0.15, 0.2) is 6.20 Å². The highest BCUT2D eigenvalue weighted by Crippen LogP contribution is 2.39. The highest BCUT2D eigenvalue weighted by Gasteiger charge is 2.31. The van der Waals surface area contributed by atoms with Crippen molar-refractivity contribution in [3.63, 3.8) is 0 Å². The van der Waals surface area contributed by atoms with Gasteiger partial charge in [-0.25, -0.2) is 0 Å². The molecule has 0 radical (unpaired) electrons. The van der Waals surface area contributed by atoms with Gasteiger partial charge in [0, 0.05) is 6.54 Å². The molecular formula is C15H28N4O. The number of hydrazine groups is 1. The van der Waals surface area contributed by atoms with Crippen LogP contribution in [0.25, 0.3) is 0 Å². The zero-order valence-corrected chi connectivity index (χ0v) is 12.9. The van der Waals surface area contributed by atoms with E-state index in [1.165, 1.54) is 25.7 Å². The van der Waals surface area contributed by atoms with Gasteiger partial charge < -0.3 is 4.74 Å². The fourth-order valence-corrected chi connectivity index (χ4v) is 3.46. The number of rotatable bonds is 6. The lowest BCUT2D eigenvalue weighted by Crippen LogP contribution is -2.37. The maximum absolute atomic E-state index is 5.88. The summed E-state index contributed by atoms with van der Waals surface area (Å²) in [5, 5.41) is 4.46. The number of aryl methyl sites for hydroxylation is 1. The summed E-state index contributed by atoms with van der Waals surface area (Å²) in [6, 6.07) is 0.127. The number of nitrogens with two attached hydrogens (primary N) is 1. The van der Waals surface area contributed by atoms with Crippen molar-refractivity contribution in [1.29, 1.82) is 0 Å². The SMILES string of the molecule is CCCn1ncc(OC)c1C(NN)C1CCCC(C)C1. The normalized spacial score (nSPS) is 24.6. The molecule has 1 fully saturated rings. The van der Waals surface area contributed by atoms with E-state index in [-0.39, 0.29) is 6.04 Å². The molecule has 3 unspecified atom stereocenters. The Balaban J connectivity index is 2.27. The molecule has 0 saturated heterocycles. The molecule has 1 aromatic heterocycles. The minimum absolute atomic E-state index is 0.127. The minimum Gasteiger partial charge on any atom is -0.493 e. The molecule has 0 aliphatic heterocycles. The van der Waals surface area contributed by atoms with Gasteiger partial charge in [-0.3, -0.25) is 16.0 Å². The monoisotopic (exact) mass is 280 g/mol. The van der Waals surface area contributed by atoms with Gasteiger partial charge in [0.05, 0.1) is 25.0 Å². The first-order chi connectivity index (χ1) is 9.71. The summed E-state index contributed by atoms with van der Waals surface area (Å²) in [5.41, 5.74) is 4.13. The third-order valence-electron chi connectivity index (χ3n) is 4.42. The first-order valence-corrected chi connectivity index (χ1v) is 7.77. The molecule has 1 aromatic rings. The summed E-state index contributed by atoms with van der Waals surface area (Å²) in [6.07, 6.45) is 7.92. The van der Waals surface area contributed by atoms with Crippen molar-refractivity contribution in [3.05, 3.63) is 11.9 Å². The number of hydrogen-bond acceptors (Lipinski definition) is 4. The van der Waals surface area contributed by atoms with Crippen molar-refractivity contribution in [2.75, 3.05) is 7.11 Å². The summed E-state index contributed by atoms with van der Waals surface area (Å²) in [5.74, 6) is 8.07. The Kier molecular flexibility index (Phi) is 5.43. The quantitative estimate of drug-likeness (QED) is 0.621. The standard InChI is InChI=1S/C15H28N4O/c1-4-8-19-15(13(20-3)10-17-19)14(18-16)12-7-5-6-11(2)9-12/h10-12,14,18H,4-9,16H2,1-3H3. The lowest BCUT2D eigenvalue weighted by molar-refractivity contribution is 0.214. The summed E-state index contributed by atoms with van der Waals surface area (Å²) < 4.78 is 7.54. The predicted molar refractivity (Wildman–Crippen MR) is 80.3 cm³/mol. The topological polar surface area (TPSA) is 65.1 Å². The molecule has 3 atom stereocenters. The van der Waals surface area contributed by atoms with Gasteiger partial charge in [0.2, 0.25) is 0 Å². The Hall–Kier alpha value is -1.07. The fourth-order valence-electron chi connectivity index (χ4n) is 3.46. The van der Waals surface area contributed by atoms with Crippen LogP contribution in [0.2, 0.25) is 0 Å². The van der Waals surface area contributed by atoms with Crippen LogP contribution >= 0.6 is 0 Å².